The van der Waals surface area contributed by atoms with E-state index in [0.717, 1.165) is 22.5 Å². The summed E-state index contributed by atoms with van der Waals surface area (Å²) in [7, 11) is 6.24. The zero-order valence-corrected chi connectivity index (χ0v) is 27.7. The van der Waals surface area contributed by atoms with Crippen molar-refractivity contribution in [1.82, 2.24) is 25.5 Å². The number of carbonyl (C=O) groups excluding carboxylic acids is 1. The highest BCUT2D eigenvalue weighted by atomic mass is 35.5. The summed E-state index contributed by atoms with van der Waals surface area (Å²) in [6.45, 7) is 4.04. The van der Waals surface area contributed by atoms with Gasteiger partial charge in [0.25, 0.3) is 5.91 Å². The van der Waals surface area contributed by atoms with Crippen LogP contribution in [0.25, 0.3) is 21.5 Å². The molecule has 47 heavy (non-hydrogen) atoms. The van der Waals surface area contributed by atoms with Gasteiger partial charge in [0.15, 0.2) is 11.6 Å². The van der Waals surface area contributed by atoms with Crippen molar-refractivity contribution in [2.45, 2.75) is 50.2 Å². The average molecular weight is 694 g/mol. The SMILES string of the molecule is C=CC(=O)N(C)c1nnc(-c2ccc(CN[C@H]3C[C@@H](O)[C@@H](N(C)c4nc(OC)nc5sc(CC(F)(F)F)cc45)C3)cc2)cc1OC.Cl. The van der Waals surface area contributed by atoms with Gasteiger partial charge in [-0.05, 0) is 30.5 Å². The van der Waals surface area contributed by atoms with Crippen LogP contribution in [0.15, 0.2) is 49.1 Å². The first-order chi connectivity index (χ1) is 21.9. The van der Waals surface area contributed by atoms with Gasteiger partial charge in [-0.2, -0.15) is 23.1 Å². The maximum absolute atomic E-state index is 13.1. The van der Waals surface area contributed by atoms with Gasteiger partial charge in [0.1, 0.15) is 10.6 Å². The molecule has 1 aromatic carbocycles. The molecule has 1 saturated carbocycles. The smallest absolute Gasteiger partial charge is 0.393 e. The first-order valence-electron chi connectivity index (χ1n) is 14.4. The van der Waals surface area contributed by atoms with E-state index in [1.54, 1.807) is 20.2 Å². The zero-order chi connectivity index (χ0) is 33.2. The molecule has 0 radical (unpaired) electrons. The Hall–Kier alpha value is -4.05. The molecule has 0 spiro atoms. The van der Waals surface area contributed by atoms with Gasteiger partial charge in [-0.25, -0.2) is 0 Å². The number of hydrogen-bond donors (Lipinski definition) is 2. The second kappa shape index (κ2) is 14.8. The van der Waals surface area contributed by atoms with Gasteiger partial charge in [-0.15, -0.1) is 33.9 Å². The highest BCUT2D eigenvalue weighted by Crippen LogP contribution is 2.37. The lowest BCUT2D eigenvalue weighted by Gasteiger charge is -2.28. The summed E-state index contributed by atoms with van der Waals surface area (Å²) < 4.78 is 49.9. The van der Waals surface area contributed by atoms with E-state index in [-0.39, 0.29) is 47.1 Å². The lowest BCUT2D eigenvalue weighted by Crippen LogP contribution is -2.38. The molecular formula is C31H35ClF3N7O4S. The molecule has 4 aromatic rings. The van der Waals surface area contributed by atoms with Gasteiger partial charge >= 0.3 is 12.2 Å². The van der Waals surface area contributed by atoms with Crippen molar-refractivity contribution >= 4 is 51.5 Å². The number of fused-ring (bicyclic) bond motifs is 1. The molecule has 1 aliphatic carbocycles. The predicted octanol–water partition coefficient (Wildman–Crippen LogP) is 4.96. The number of alkyl halides is 3. The number of thiophene rings is 1. The number of methoxy groups -OCH3 is 2. The van der Waals surface area contributed by atoms with Crippen molar-refractivity contribution < 1.29 is 32.5 Å². The van der Waals surface area contributed by atoms with Crippen molar-refractivity contribution in [1.29, 1.82) is 0 Å². The van der Waals surface area contributed by atoms with Crippen molar-refractivity contribution in [2.75, 3.05) is 38.1 Å². The van der Waals surface area contributed by atoms with E-state index in [0.29, 0.717) is 46.9 Å². The normalized spacial score (nSPS) is 17.7. The molecule has 0 bridgehead atoms. The topological polar surface area (TPSA) is 126 Å². The quantitative estimate of drug-likeness (QED) is 0.208. The molecule has 1 fully saturated rings. The van der Waals surface area contributed by atoms with Crippen LogP contribution in [-0.4, -0.2) is 83.9 Å². The van der Waals surface area contributed by atoms with Crippen LogP contribution in [0.2, 0.25) is 0 Å². The molecule has 1 amide bonds. The first kappa shape index (κ1) is 35.8. The molecule has 0 saturated heterocycles. The second-order valence-corrected chi connectivity index (χ2v) is 12.1. The third-order valence-electron chi connectivity index (χ3n) is 7.92. The van der Waals surface area contributed by atoms with Gasteiger partial charge in [0.2, 0.25) is 0 Å². The third-order valence-corrected chi connectivity index (χ3v) is 8.95. The molecule has 1 aliphatic rings. The number of hydrogen-bond acceptors (Lipinski definition) is 11. The van der Waals surface area contributed by atoms with Crippen LogP contribution in [0, 0.1) is 0 Å². The Morgan fingerprint density at radius 1 is 1.11 bits per heavy atom. The van der Waals surface area contributed by atoms with Crippen LogP contribution in [0.4, 0.5) is 24.8 Å². The number of carbonyl (C=O) groups is 1. The van der Waals surface area contributed by atoms with Crippen LogP contribution in [0.3, 0.4) is 0 Å². The molecule has 0 aliphatic heterocycles. The maximum Gasteiger partial charge on any atom is 0.393 e. The summed E-state index contributed by atoms with van der Waals surface area (Å²) in [5.74, 6) is 0.759. The molecule has 3 atom stereocenters. The van der Waals surface area contributed by atoms with Gasteiger partial charge in [-0.3, -0.25) is 9.69 Å². The maximum atomic E-state index is 13.1. The molecule has 3 heterocycles. The molecular weight excluding hydrogens is 659 g/mol. The van der Waals surface area contributed by atoms with Gasteiger partial charge in [0, 0.05) is 43.2 Å². The van der Waals surface area contributed by atoms with Gasteiger partial charge < -0.3 is 24.8 Å². The standard InChI is InChI=1S/C31H34F3N7O4S.ClH/c1-6-26(43)41(3)28-25(44-4)14-22(38-39-28)18-9-7-17(8-10-18)16-35-19-11-23(24(42)12-19)40(2)27-21-13-20(15-31(32,33)34)46-29(21)37-30(36-27)45-5;/h6-10,13-14,19,23-24,35,42H,1,11-12,15-16H2,2-5H3;1H/t19-,23+,24-;/m1./s1. The summed E-state index contributed by atoms with van der Waals surface area (Å²) in [4.78, 5) is 24.3. The molecule has 16 heteroatoms. The highest BCUT2D eigenvalue weighted by Gasteiger charge is 2.37. The molecule has 3 aromatic heterocycles. The number of nitrogens with zero attached hydrogens (tertiary/aromatic N) is 6. The monoisotopic (exact) mass is 693 g/mol. The van der Waals surface area contributed by atoms with Crippen LogP contribution in [0.1, 0.15) is 23.3 Å². The molecule has 252 valence electrons. The number of nitrogens with one attached hydrogen (secondary N) is 1. The molecule has 11 nitrogen and oxygen atoms in total. The Morgan fingerprint density at radius 3 is 2.47 bits per heavy atom. The minimum Gasteiger partial charge on any atom is -0.493 e. The number of aliphatic hydroxyl groups is 1. The van der Waals surface area contributed by atoms with Crippen molar-refractivity contribution in [3.05, 3.63) is 59.5 Å². The Morgan fingerprint density at radius 2 is 1.83 bits per heavy atom. The van der Waals surface area contributed by atoms with Crippen molar-refractivity contribution in [2.24, 2.45) is 0 Å². The summed E-state index contributed by atoms with van der Waals surface area (Å²) in [5.41, 5.74) is 2.41. The number of halogens is 4. The fourth-order valence-corrected chi connectivity index (χ4v) is 6.55. The molecule has 0 unspecified atom stereocenters. The average Bonchev–Trinajstić information content (AvgIpc) is 3.62. The van der Waals surface area contributed by atoms with E-state index in [2.05, 4.69) is 32.1 Å². The van der Waals surface area contributed by atoms with Gasteiger partial charge in [-0.1, -0.05) is 30.8 Å². The van der Waals surface area contributed by atoms with Gasteiger partial charge in [0.05, 0.1) is 43.9 Å². The Bertz CT molecular complexity index is 1720. The minimum atomic E-state index is -4.34. The zero-order valence-electron chi connectivity index (χ0n) is 26.1. The Labute approximate surface area is 279 Å². The number of ether oxygens (including phenoxy) is 2. The molecule has 5 rings (SSSR count). The van der Waals surface area contributed by atoms with E-state index < -0.39 is 18.7 Å². The van der Waals surface area contributed by atoms with E-state index in [1.807, 2.05) is 29.2 Å². The number of rotatable bonds is 11. The minimum absolute atomic E-state index is 0. The third kappa shape index (κ3) is 8.09. The lowest BCUT2D eigenvalue weighted by atomic mass is 10.1. The molecule has 2 N–H and O–H groups in total. The summed E-state index contributed by atoms with van der Waals surface area (Å²) in [6, 6.07) is 10.7. The van der Waals surface area contributed by atoms with E-state index in [1.165, 1.54) is 31.3 Å². The number of aromatic nitrogens is 4. The lowest BCUT2D eigenvalue weighted by molar-refractivity contribution is -0.126. The van der Waals surface area contributed by atoms with E-state index in [9.17, 15) is 23.1 Å². The Kier molecular flexibility index (Phi) is 11.3. The predicted molar refractivity (Wildman–Crippen MR) is 177 cm³/mol. The van der Waals surface area contributed by atoms with Crippen LogP contribution in [0.5, 0.6) is 11.8 Å². The number of likely N-dealkylation sites (N-methyl/N-ethyl adjacent to an activating group) is 2. The summed E-state index contributed by atoms with van der Waals surface area (Å²) in [6.07, 6.45) is -3.82. The second-order valence-electron chi connectivity index (χ2n) is 11.0. The fourth-order valence-electron chi connectivity index (χ4n) is 5.50. The fraction of sp³-hybridized carbons (Fsp3) is 0.387. The summed E-state index contributed by atoms with van der Waals surface area (Å²) in [5, 5.41) is 23.4. The Balaban J connectivity index is 0.00000500. The largest absolute Gasteiger partial charge is 0.493 e. The van der Waals surface area contributed by atoms with E-state index in [4.69, 9.17) is 9.47 Å². The number of anilines is 2. The van der Waals surface area contributed by atoms with Crippen molar-refractivity contribution in [3.63, 3.8) is 0 Å². The highest BCUT2D eigenvalue weighted by molar-refractivity contribution is 7.18. The number of aliphatic hydroxyl groups excluding tert-OH is 1. The van der Waals surface area contributed by atoms with Crippen LogP contribution in [-0.2, 0) is 17.8 Å². The number of amides is 1. The van der Waals surface area contributed by atoms with Crippen LogP contribution < -0.4 is 24.6 Å². The van der Waals surface area contributed by atoms with Crippen molar-refractivity contribution in [3.8, 4) is 23.0 Å². The summed E-state index contributed by atoms with van der Waals surface area (Å²) >= 11 is 0.956. The number of benzene rings is 1. The first-order valence-corrected chi connectivity index (χ1v) is 15.2. The van der Waals surface area contributed by atoms with Crippen LogP contribution >= 0.6 is 23.7 Å². The van der Waals surface area contributed by atoms with E-state index >= 15 is 0 Å².